The molecule has 0 aliphatic rings. The highest BCUT2D eigenvalue weighted by Crippen LogP contribution is 2.32. The summed E-state index contributed by atoms with van der Waals surface area (Å²) in [6, 6.07) is 2.65. The number of aliphatic hydroxyl groups excluding tert-OH is 1. The van der Waals surface area contributed by atoms with Gasteiger partial charge in [-0.25, -0.2) is 8.42 Å². The number of halogens is 3. The molecule has 96 valence electrons. The normalized spacial score (nSPS) is 13.5. The third kappa shape index (κ3) is 3.63. The van der Waals surface area contributed by atoms with Crippen molar-refractivity contribution < 1.29 is 13.5 Å². The fourth-order valence-electron chi connectivity index (χ4n) is 0.953. The Hall–Kier alpha value is -0.200. The fraction of sp³-hybridized carbons (Fsp3) is 0.333. The molecular weight excluding hydrogens is 309 g/mol. The van der Waals surface area contributed by atoms with Crippen LogP contribution in [-0.2, 0) is 10.0 Å². The van der Waals surface area contributed by atoms with Gasteiger partial charge in [0.05, 0.1) is 27.4 Å². The van der Waals surface area contributed by atoms with Crippen LogP contribution in [0.3, 0.4) is 0 Å². The van der Waals surface area contributed by atoms with E-state index in [1.54, 1.807) is 0 Å². The molecule has 1 unspecified atom stereocenters. The summed E-state index contributed by atoms with van der Waals surface area (Å²) in [5.74, 6) is 0. The molecule has 0 aromatic heterocycles. The van der Waals surface area contributed by atoms with Crippen LogP contribution in [0.25, 0.3) is 0 Å². The van der Waals surface area contributed by atoms with Gasteiger partial charge in [0.1, 0.15) is 5.25 Å². The van der Waals surface area contributed by atoms with E-state index in [2.05, 4.69) is 4.72 Å². The Morgan fingerprint density at radius 2 is 1.76 bits per heavy atom. The lowest BCUT2D eigenvalue weighted by atomic mass is 10.3. The molecule has 0 spiro atoms. The van der Waals surface area contributed by atoms with E-state index >= 15 is 0 Å². The van der Waals surface area contributed by atoms with Crippen LogP contribution in [0.2, 0.25) is 15.1 Å². The Bertz CT molecular complexity index is 518. The van der Waals surface area contributed by atoms with Gasteiger partial charge in [-0.15, -0.1) is 0 Å². The largest absolute Gasteiger partial charge is 0.395 e. The molecule has 17 heavy (non-hydrogen) atoms. The number of nitrogens with one attached hydrogen (secondary N) is 1. The van der Waals surface area contributed by atoms with Gasteiger partial charge in [-0.05, 0) is 19.1 Å². The number of anilines is 1. The second-order valence-corrected chi connectivity index (χ2v) is 6.71. The molecule has 0 bridgehead atoms. The second kappa shape index (κ2) is 5.63. The molecule has 0 amide bonds. The molecule has 0 aliphatic carbocycles. The Morgan fingerprint density at radius 3 is 2.29 bits per heavy atom. The third-order valence-corrected chi connectivity index (χ3v) is 4.80. The van der Waals surface area contributed by atoms with Crippen molar-refractivity contribution >= 4 is 50.5 Å². The predicted octanol–water partition coefficient (Wildman–Crippen LogP) is 2.77. The number of rotatable bonds is 4. The highest BCUT2D eigenvalue weighted by Gasteiger charge is 2.21. The van der Waals surface area contributed by atoms with Gasteiger partial charge in [0.25, 0.3) is 0 Å². The van der Waals surface area contributed by atoms with Crippen molar-refractivity contribution in [3.8, 4) is 0 Å². The number of benzene rings is 1. The Balaban J connectivity index is 3.08. The first kappa shape index (κ1) is 14.9. The molecule has 0 aliphatic heterocycles. The van der Waals surface area contributed by atoms with Gasteiger partial charge in [-0.2, -0.15) is 0 Å². The van der Waals surface area contributed by atoms with Crippen LogP contribution in [0.1, 0.15) is 6.92 Å². The quantitative estimate of drug-likeness (QED) is 0.839. The number of hydrogen-bond acceptors (Lipinski definition) is 3. The van der Waals surface area contributed by atoms with Crippen molar-refractivity contribution in [2.24, 2.45) is 0 Å². The SMILES string of the molecule is CC(CO)S(=O)(=O)Nc1cc(Cl)c(Cl)cc1Cl. The average molecular weight is 319 g/mol. The lowest BCUT2D eigenvalue weighted by Gasteiger charge is -2.14. The highest BCUT2D eigenvalue weighted by atomic mass is 35.5. The fourth-order valence-corrected chi connectivity index (χ4v) is 2.48. The molecular formula is C9H10Cl3NO3S. The number of hydrogen-bond donors (Lipinski definition) is 2. The van der Waals surface area contributed by atoms with Crippen molar-refractivity contribution in [3.63, 3.8) is 0 Å². The minimum absolute atomic E-state index is 0.126. The summed E-state index contributed by atoms with van der Waals surface area (Å²) in [7, 11) is -3.70. The molecule has 8 heteroatoms. The van der Waals surface area contributed by atoms with Crippen LogP contribution in [0.5, 0.6) is 0 Å². The van der Waals surface area contributed by atoms with Crippen molar-refractivity contribution in [2.45, 2.75) is 12.2 Å². The Morgan fingerprint density at radius 1 is 1.24 bits per heavy atom. The Labute approximate surface area is 115 Å². The van der Waals surface area contributed by atoms with E-state index in [0.717, 1.165) is 0 Å². The lowest BCUT2D eigenvalue weighted by molar-refractivity contribution is 0.296. The molecule has 0 radical (unpaired) electrons. The minimum atomic E-state index is -3.70. The van der Waals surface area contributed by atoms with Crippen LogP contribution in [0.15, 0.2) is 12.1 Å². The van der Waals surface area contributed by atoms with Gasteiger partial charge < -0.3 is 5.11 Å². The van der Waals surface area contributed by atoms with Crippen LogP contribution in [0.4, 0.5) is 5.69 Å². The first-order valence-electron chi connectivity index (χ1n) is 4.55. The molecule has 0 saturated carbocycles. The van der Waals surface area contributed by atoms with Gasteiger partial charge in [-0.3, -0.25) is 4.72 Å². The minimum Gasteiger partial charge on any atom is -0.395 e. The number of aliphatic hydroxyl groups is 1. The van der Waals surface area contributed by atoms with Crippen LogP contribution in [0, 0.1) is 0 Å². The molecule has 0 fully saturated rings. The Kier molecular flexibility index (Phi) is 4.92. The lowest BCUT2D eigenvalue weighted by Crippen LogP contribution is -2.28. The number of sulfonamides is 1. The van der Waals surface area contributed by atoms with Gasteiger partial charge in [-0.1, -0.05) is 34.8 Å². The van der Waals surface area contributed by atoms with E-state index in [1.165, 1.54) is 19.1 Å². The zero-order valence-corrected chi connectivity index (χ0v) is 11.8. The van der Waals surface area contributed by atoms with Gasteiger partial charge >= 0.3 is 0 Å². The van der Waals surface area contributed by atoms with Gasteiger partial charge in [0, 0.05) is 0 Å². The van der Waals surface area contributed by atoms with E-state index in [0.29, 0.717) is 0 Å². The van der Waals surface area contributed by atoms with Crippen molar-refractivity contribution in [3.05, 3.63) is 27.2 Å². The summed E-state index contributed by atoms with van der Waals surface area (Å²) < 4.78 is 25.6. The van der Waals surface area contributed by atoms with E-state index in [-0.39, 0.29) is 20.8 Å². The van der Waals surface area contributed by atoms with Gasteiger partial charge in [0.15, 0.2) is 0 Å². The maximum Gasteiger partial charge on any atom is 0.237 e. The standard InChI is InChI=1S/C9H10Cl3NO3S/c1-5(4-14)17(15,16)13-9-3-7(11)6(10)2-8(9)12/h2-3,5,13-14H,4H2,1H3. The zero-order valence-electron chi connectivity index (χ0n) is 8.75. The first-order chi connectivity index (χ1) is 7.77. The van der Waals surface area contributed by atoms with E-state index < -0.39 is 21.9 Å². The van der Waals surface area contributed by atoms with E-state index in [9.17, 15) is 8.42 Å². The molecule has 4 nitrogen and oxygen atoms in total. The van der Waals surface area contributed by atoms with Crippen LogP contribution < -0.4 is 4.72 Å². The summed E-state index contributed by atoms with van der Waals surface area (Å²) in [5.41, 5.74) is 0.126. The summed E-state index contributed by atoms with van der Waals surface area (Å²) >= 11 is 17.3. The summed E-state index contributed by atoms with van der Waals surface area (Å²) in [4.78, 5) is 0. The summed E-state index contributed by atoms with van der Waals surface area (Å²) in [6.45, 7) is 0.877. The zero-order chi connectivity index (χ0) is 13.2. The van der Waals surface area contributed by atoms with Crippen LogP contribution in [-0.4, -0.2) is 25.4 Å². The maximum atomic E-state index is 11.7. The molecule has 1 rings (SSSR count). The smallest absolute Gasteiger partial charge is 0.237 e. The van der Waals surface area contributed by atoms with Crippen molar-refractivity contribution in [1.29, 1.82) is 0 Å². The molecule has 1 atom stereocenters. The first-order valence-corrected chi connectivity index (χ1v) is 7.23. The predicted molar refractivity (Wildman–Crippen MR) is 70.6 cm³/mol. The molecule has 2 N–H and O–H groups in total. The second-order valence-electron chi connectivity index (χ2n) is 3.39. The monoisotopic (exact) mass is 317 g/mol. The average Bonchev–Trinajstić information content (AvgIpc) is 2.24. The van der Waals surface area contributed by atoms with Crippen LogP contribution >= 0.6 is 34.8 Å². The molecule has 0 heterocycles. The molecule has 1 aromatic carbocycles. The van der Waals surface area contributed by atoms with Crippen molar-refractivity contribution in [2.75, 3.05) is 11.3 Å². The summed E-state index contributed by atoms with van der Waals surface area (Å²) in [5, 5.41) is 8.42. The summed E-state index contributed by atoms with van der Waals surface area (Å²) in [6.07, 6.45) is 0. The van der Waals surface area contributed by atoms with E-state index in [1.807, 2.05) is 0 Å². The van der Waals surface area contributed by atoms with Gasteiger partial charge in [0.2, 0.25) is 10.0 Å². The molecule has 0 saturated heterocycles. The maximum absolute atomic E-state index is 11.7. The van der Waals surface area contributed by atoms with E-state index in [4.69, 9.17) is 39.9 Å². The van der Waals surface area contributed by atoms with Crippen molar-refractivity contribution in [1.82, 2.24) is 0 Å². The third-order valence-electron chi connectivity index (χ3n) is 2.05. The topological polar surface area (TPSA) is 66.4 Å². The highest BCUT2D eigenvalue weighted by molar-refractivity contribution is 7.93. The molecule has 1 aromatic rings.